The van der Waals surface area contributed by atoms with Crippen LogP contribution in [0.3, 0.4) is 0 Å². The number of anilines is 2. The molecule has 1 amide bonds. The summed E-state index contributed by atoms with van der Waals surface area (Å²) < 4.78 is 7.66. The van der Waals surface area contributed by atoms with Crippen LogP contribution < -0.4 is 15.0 Å². The molecule has 0 aliphatic carbocycles. The summed E-state index contributed by atoms with van der Waals surface area (Å²) in [4.78, 5) is 27.2. The molecule has 0 fully saturated rings. The van der Waals surface area contributed by atoms with Crippen LogP contribution in [-0.2, 0) is 0 Å². The molecule has 4 aromatic rings. The van der Waals surface area contributed by atoms with Crippen LogP contribution in [0, 0.1) is 6.92 Å². The van der Waals surface area contributed by atoms with E-state index in [1.807, 2.05) is 31.1 Å². The maximum absolute atomic E-state index is 12.5. The lowest BCUT2D eigenvalue weighted by Crippen LogP contribution is -2.13. The smallest absolute Gasteiger partial charge is 0.255 e. The van der Waals surface area contributed by atoms with E-state index in [4.69, 9.17) is 4.74 Å². The molecule has 0 unspecified atom stereocenters. The highest BCUT2D eigenvalue weighted by atomic mass is 16.5. The van der Waals surface area contributed by atoms with Gasteiger partial charge in [-0.3, -0.25) is 9.36 Å². The average molecular weight is 414 g/mol. The van der Waals surface area contributed by atoms with Crippen molar-refractivity contribution in [2.75, 3.05) is 24.3 Å². The Morgan fingerprint density at radius 3 is 2.42 bits per heavy atom. The zero-order valence-electron chi connectivity index (χ0n) is 17.5. The molecule has 0 bridgehead atoms. The minimum Gasteiger partial charge on any atom is -0.439 e. The average Bonchev–Trinajstić information content (AvgIpc) is 3.30. The Bertz CT molecular complexity index is 1170. The summed E-state index contributed by atoms with van der Waals surface area (Å²) in [6.07, 6.45) is 5.15. The SMILES string of the molecule is Cc1nc(Oc2ccc(NC(=O)c3ccc(N(C)C)cc3)cc2)cc(-n2ccnc2)n1. The lowest BCUT2D eigenvalue weighted by atomic mass is 10.2. The third-order valence-electron chi connectivity index (χ3n) is 4.55. The highest BCUT2D eigenvalue weighted by Gasteiger charge is 2.09. The number of rotatable bonds is 6. The molecule has 2 aromatic heterocycles. The molecule has 8 heteroatoms. The van der Waals surface area contributed by atoms with E-state index in [9.17, 15) is 4.79 Å². The third kappa shape index (κ3) is 4.87. The van der Waals surface area contributed by atoms with Gasteiger partial charge in [-0.05, 0) is 55.5 Å². The first-order valence-electron chi connectivity index (χ1n) is 9.68. The number of nitrogens with zero attached hydrogens (tertiary/aromatic N) is 5. The van der Waals surface area contributed by atoms with Gasteiger partial charge in [0.25, 0.3) is 5.91 Å². The van der Waals surface area contributed by atoms with Gasteiger partial charge in [-0.1, -0.05) is 0 Å². The van der Waals surface area contributed by atoms with Crippen LogP contribution >= 0.6 is 0 Å². The summed E-state index contributed by atoms with van der Waals surface area (Å²) in [6.45, 7) is 1.80. The van der Waals surface area contributed by atoms with Crippen molar-refractivity contribution >= 4 is 17.3 Å². The number of nitrogens with one attached hydrogen (secondary N) is 1. The molecule has 0 aliphatic heterocycles. The molecule has 2 heterocycles. The van der Waals surface area contributed by atoms with Gasteiger partial charge in [0.05, 0.1) is 0 Å². The van der Waals surface area contributed by atoms with Gasteiger partial charge in [-0.25, -0.2) is 9.97 Å². The van der Waals surface area contributed by atoms with E-state index in [1.54, 1.807) is 72.7 Å². The number of imidazole rings is 1. The number of hydrogen-bond donors (Lipinski definition) is 1. The van der Waals surface area contributed by atoms with Gasteiger partial charge >= 0.3 is 0 Å². The number of carbonyl (C=O) groups is 1. The first kappa shape index (κ1) is 20.1. The molecule has 0 atom stereocenters. The number of carbonyl (C=O) groups excluding carboxylic acids is 1. The van der Waals surface area contributed by atoms with Crippen LogP contribution in [0.1, 0.15) is 16.2 Å². The van der Waals surface area contributed by atoms with E-state index in [2.05, 4.69) is 20.3 Å². The van der Waals surface area contributed by atoms with Crippen molar-refractivity contribution in [2.24, 2.45) is 0 Å². The van der Waals surface area contributed by atoms with Crippen molar-refractivity contribution in [3.8, 4) is 17.4 Å². The van der Waals surface area contributed by atoms with E-state index >= 15 is 0 Å². The third-order valence-corrected chi connectivity index (χ3v) is 4.55. The molecule has 0 spiro atoms. The Labute approximate surface area is 180 Å². The van der Waals surface area contributed by atoms with Crippen molar-refractivity contribution in [1.82, 2.24) is 19.5 Å². The molecule has 0 radical (unpaired) electrons. The zero-order chi connectivity index (χ0) is 21.8. The fourth-order valence-electron chi connectivity index (χ4n) is 2.95. The van der Waals surface area contributed by atoms with E-state index in [0.29, 0.717) is 34.5 Å². The molecule has 31 heavy (non-hydrogen) atoms. The molecule has 1 N–H and O–H groups in total. The van der Waals surface area contributed by atoms with Gasteiger partial charge in [0.2, 0.25) is 5.88 Å². The van der Waals surface area contributed by atoms with Crippen LogP contribution in [0.2, 0.25) is 0 Å². The Hall–Kier alpha value is -4.20. The minimum atomic E-state index is -0.171. The lowest BCUT2D eigenvalue weighted by Gasteiger charge is -2.13. The fourth-order valence-corrected chi connectivity index (χ4v) is 2.95. The maximum Gasteiger partial charge on any atom is 0.255 e. The highest BCUT2D eigenvalue weighted by molar-refractivity contribution is 6.04. The Balaban J connectivity index is 1.43. The molecule has 0 saturated heterocycles. The number of aromatic nitrogens is 4. The fraction of sp³-hybridized carbons (Fsp3) is 0.130. The molecule has 156 valence electrons. The largest absolute Gasteiger partial charge is 0.439 e. The van der Waals surface area contributed by atoms with E-state index < -0.39 is 0 Å². The number of aryl methyl sites for hydroxylation is 1. The van der Waals surface area contributed by atoms with Crippen LogP contribution in [-0.4, -0.2) is 39.5 Å². The molecule has 2 aromatic carbocycles. The van der Waals surface area contributed by atoms with E-state index in [-0.39, 0.29) is 5.91 Å². The quantitative estimate of drug-likeness (QED) is 0.512. The second-order valence-electron chi connectivity index (χ2n) is 7.10. The van der Waals surface area contributed by atoms with Crippen molar-refractivity contribution < 1.29 is 9.53 Å². The van der Waals surface area contributed by atoms with E-state index in [0.717, 1.165) is 5.69 Å². The monoisotopic (exact) mass is 414 g/mol. The Morgan fingerprint density at radius 1 is 1.03 bits per heavy atom. The summed E-state index contributed by atoms with van der Waals surface area (Å²) in [5, 5.41) is 2.89. The summed E-state index contributed by atoms with van der Waals surface area (Å²) in [5.74, 6) is 2.11. The Kier molecular flexibility index (Phi) is 5.61. The topological polar surface area (TPSA) is 85.2 Å². The summed E-state index contributed by atoms with van der Waals surface area (Å²) >= 11 is 0. The van der Waals surface area contributed by atoms with Crippen LogP contribution in [0.15, 0.2) is 73.3 Å². The molecule has 4 rings (SSSR count). The second-order valence-corrected chi connectivity index (χ2v) is 7.10. The summed E-state index contributed by atoms with van der Waals surface area (Å²) in [7, 11) is 3.92. The second kappa shape index (κ2) is 8.66. The van der Waals surface area contributed by atoms with Crippen LogP contribution in [0.25, 0.3) is 5.82 Å². The van der Waals surface area contributed by atoms with Crippen molar-refractivity contribution in [2.45, 2.75) is 6.92 Å². The van der Waals surface area contributed by atoms with Crippen molar-refractivity contribution in [3.05, 3.63) is 84.7 Å². The predicted octanol–water partition coefficient (Wildman–Crippen LogP) is 4.08. The molecule has 0 aliphatic rings. The highest BCUT2D eigenvalue weighted by Crippen LogP contribution is 2.23. The molecule has 8 nitrogen and oxygen atoms in total. The van der Waals surface area contributed by atoms with Gasteiger partial charge in [0, 0.05) is 49.5 Å². The van der Waals surface area contributed by atoms with Gasteiger partial charge in [-0.15, -0.1) is 0 Å². The summed E-state index contributed by atoms with van der Waals surface area (Å²) in [5.41, 5.74) is 2.30. The van der Waals surface area contributed by atoms with E-state index in [1.165, 1.54) is 0 Å². The van der Waals surface area contributed by atoms with Gasteiger partial charge in [-0.2, -0.15) is 4.98 Å². The number of ether oxygens (including phenoxy) is 1. The maximum atomic E-state index is 12.5. The van der Waals surface area contributed by atoms with Gasteiger partial charge in [0.15, 0.2) is 0 Å². The normalized spacial score (nSPS) is 10.5. The molecular formula is C23H22N6O2. The molecular weight excluding hydrogens is 392 g/mol. The van der Waals surface area contributed by atoms with Crippen molar-refractivity contribution in [1.29, 1.82) is 0 Å². The van der Waals surface area contributed by atoms with Gasteiger partial charge in [0.1, 0.15) is 23.7 Å². The first-order valence-corrected chi connectivity index (χ1v) is 9.68. The molecule has 0 saturated carbocycles. The minimum absolute atomic E-state index is 0.171. The summed E-state index contributed by atoms with van der Waals surface area (Å²) in [6, 6.07) is 16.3. The zero-order valence-corrected chi connectivity index (χ0v) is 17.5. The Morgan fingerprint density at radius 2 is 1.77 bits per heavy atom. The number of hydrogen-bond acceptors (Lipinski definition) is 6. The van der Waals surface area contributed by atoms with Crippen LogP contribution in [0.5, 0.6) is 11.6 Å². The predicted molar refractivity (Wildman–Crippen MR) is 119 cm³/mol. The number of benzene rings is 2. The first-order chi connectivity index (χ1) is 15.0. The van der Waals surface area contributed by atoms with Crippen molar-refractivity contribution in [3.63, 3.8) is 0 Å². The van der Waals surface area contributed by atoms with Crippen LogP contribution in [0.4, 0.5) is 11.4 Å². The number of amides is 1. The lowest BCUT2D eigenvalue weighted by molar-refractivity contribution is 0.102. The van der Waals surface area contributed by atoms with Gasteiger partial charge < -0.3 is 15.0 Å². The standard InChI is InChI=1S/C23H22N6O2/c1-16-25-21(29-13-12-24-15-29)14-22(26-16)31-20-10-6-18(7-11-20)27-23(30)17-4-8-19(9-5-17)28(2)3/h4-15H,1-3H3,(H,27,30).